The minimum atomic E-state index is -4.76. The lowest BCUT2D eigenvalue weighted by Crippen LogP contribution is -2.48. The van der Waals surface area contributed by atoms with Gasteiger partial charge in [0, 0.05) is 25.8 Å². The first kappa shape index (κ1) is 15.1. The molecule has 0 aromatic heterocycles. The number of rotatable bonds is 2. The number of carboxylic acids is 1. The second-order valence-corrected chi connectivity index (χ2v) is 4.77. The van der Waals surface area contributed by atoms with Gasteiger partial charge in [-0.05, 0) is 18.2 Å². The van der Waals surface area contributed by atoms with Gasteiger partial charge >= 0.3 is 12.1 Å². The third-order valence-electron chi connectivity index (χ3n) is 3.36. The molecule has 5 nitrogen and oxygen atoms in total. The molecule has 1 aliphatic rings. The summed E-state index contributed by atoms with van der Waals surface area (Å²) in [6.45, 7) is 0.771. The summed E-state index contributed by atoms with van der Waals surface area (Å²) in [6, 6.07) is 2.99. The lowest BCUT2D eigenvalue weighted by atomic mass is 10.1. The number of hydrogen-bond acceptors (Lipinski definition) is 3. The Bertz CT molecular complexity index is 587. The van der Waals surface area contributed by atoms with Crippen LogP contribution in [0.5, 0.6) is 0 Å². The molecule has 1 fully saturated rings. The number of anilines is 1. The molecule has 1 aromatic rings. The van der Waals surface area contributed by atoms with E-state index in [0.717, 1.165) is 12.1 Å². The third-order valence-corrected chi connectivity index (χ3v) is 3.36. The maximum absolute atomic E-state index is 12.9. The van der Waals surface area contributed by atoms with Crippen molar-refractivity contribution < 1.29 is 27.9 Å². The molecule has 2 rings (SSSR count). The van der Waals surface area contributed by atoms with Crippen molar-refractivity contribution in [3.8, 4) is 0 Å². The molecule has 0 unspecified atom stereocenters. The van der Waals surface area contributed by atoms with E-state index < -0.39 is 23.3 Å². The Morgan fingerprint density at radius 3 is 2.48 bits per heavy atom. The second-order valence-electron chi connectivity index (χ2n) is 4.77. The molecule has 1 saturated heterocycles. The van der Waals surface area contributed by atoms with Crippen LogP contribution in [-0.4, -0.2) is 48.6 Å². The molecular formula is C13H13F3N2O3. The number of carbonyl (C=O) groups is 2. The Hall–Kier alpha value is -2.25. The molecule has 0 atom stereocenters. The molecule has 1 aromatic carbocycles. The zero-order valence-electron chi connectivity index (χ0n) is 11.1. The van der Waals surface area contributed by atoms with Crippen LogP contribution < -0.4 is 4.90 Å². The van der Waals surface area contributed by atoms with Crippen LogP contribution in [0.2, 0.25) is 0 Å². The number of aromatic carboxylic acids is 1. The number of halogens is 3. The Balaban J connectivity index is 2.38. The summed E-state index contributed by atoms with van der Waals surface area (Å²) in [5.74, 6) is -1.83. The van der Waals surface area contributed by atoms with Gasteiger partial charge < -0.3 is 14.9 Å². The standard InChI is InChI=1S/C13H13F3N2O3/c1-17-4-5-18(7-11(17)19)8-2-3-9(12(20)21)10(6-8)13(14,15)16/h2-3,6H,4-5,7H2,1H3,(H,20,21). The molecule has 1 amide bonds. The smallest absolute Gasteiger partial charge is 0.417 e. The largest absolute Gasteiger partial charge is 0.478 e. The average Bonchev–Trinajstić information content (AvgIpc) is 2.40. The average molecular weight is 302 g/mol. The molecule has 0 aliphatic carbocycles. The summed E-state index contributed by atoms with van der Waals surface area (Å²) in [4.78, 5) is 25.5. The molecule has 0 radical (unpaired) electrons. The van der Waals surface area contributed by atoms with Gasteiger partial charge in [0.05, 0.1) is 17.7 Å². The maximum Gasteiger partial charge on any atom is 0.417 e. The quantitative estimate of drug-likeness (QED) is 0.903. The first-order chi connectivity index (χ1) is 9.70. The van der Waals surface area contributed by atoms with Crippen molar-refractivity contribution in [1.82, 2.24) is 4.90 Å². The van der Waals surface area contributed by atoms with Gasteiger partial charge in [-0.1, -0.05) is 0 Å². The lowest BCUT2D eigenvalue weighted by Gasteiger charge is -2.33. The number of carbonyl (C=O) groups excluding carboxylic acids is 1. The summed E-state index contributed by atoms with van der Waals surface area (Å²) in [6.07, 6.45) is -4.76. The van der Waals surface area contributed by atoms with Crippen molar-refractivity contribution >= 4 is 17.6 Å². The number of carboxylic acid groups (broad SMARTS) is 1. The van der Waals surface area contributed by atoms with Crippen molar-refractivity contribution in [2.45, 2.75) is 6.18 Å². The van der Waals surface area contributed by atoms with Crippen LogP contribution in [0.1, 0.15) is 15.9 Å². The zero-order chi connectivity index (χ0) is 15.8. The molecule has 1 N–H and O–H groups in total. The summed E-state index contributed by atoms with van der Waals surface area (Å²) >= 11 is 0. The lowest BCUT2D eigenvalue weighted by molar-refractivity contribution is -0.138. The number of hydrogen-bond donors (Lipinski definition) is 1. The minimum Gasteiger partial charge on any atom is -0.478 e. The van der Waals surface area contributed by atoms with E-state index in [1.807, 2.05) is 0 Å². The SMILES string of the molecule is CN1CCN(c2ccc(C(=O)O)c(C(F)(F)F)c2)CC1=O. The van der Waals surface area contributed by atoms with Crippen LogP contribution in [0, 0.1) is 0 Å². The van der Waals surface area contributed by atoms with E-state index in [0.29, 0.717) is 13.1 Å². The van der Waals surface area contributed by atoms with Crippen molar-refractivity contribution in [1.29, 1.82) is 0 Å². The number of nitrogens with zero attached hydrogens (tertiary/aromatic N) is 2. The van der Waals surface area contributed by atoms with Gasteiger partial charge in [0.25, 0.3) is 0 Å². The Labute approximate surface area is 118 Å². The first-order valence-corrected chi connectivity index (χ1v) is 6.13. The van der Waals surface area contributed by atoms with Gasteiger partial charge in [0.15, 0.2) is 0 Å². The fraction of sp³-hybridized carbons (Fsp3) is 0.385. The van der Waals surface area contributed by atoms with Gasteiger partial charge in [-0.15, -0.1) is 0 Å². The van der Waals surface area contributed by atoms with Crippen LogP contribution >= 0.6 is 0 Å². The molecule has 0 spiro atoms. The number of likely N-dealkylation sites (N-methyl/N-ethyl adjacent to an activating group) is 1. The highest BCUT2D eigenvalue weighted by atomic mass is 19.4. The van der Waals surface area contributed by atoms with E-state index in [1.54, 1.807) is 7.05 Å². The van der Waals surface area contributed by atoms with Gasteiger partial charge in [-0.25, -0.2) is 4.79 Å². The van der Waals surface area contributed by atoms with E-state index in [9.17, 15) is 22.8 Å². The molecule has 1 aliphatic heterocycles. The van der Waals surface area contributed by atoms with Crippen molar-refractivity contribution in [3.05, 3.63) is 29.3 Å². The van der Waals surface area contributed by atoms with Crippen LogP contribution in [0.15, 0.2) is 18.2 Å². The molecule has 114 valence electrons. The van der Waals surface area contributed by atoms with E-state index in [1.165, 1.54) is 15.9 Å². The number of piperazine rings is 1. The Morgan fingerprint density at radius 1 is 1.29 bits per heavy atom. The van der Waals surface area contributed by atoms with Crippen LogP contribution in [0.3, 0.4) is 0 Å². The highest BCUT2D eigenvalue weighted by Gasteiger charge is 2.36. The molecule has 8 heteroatoms. The highest BCUT2D eigenvalue weighted by Crippen LogP contribution is 2.35. The predicted molar refractivity (Wildman–Crippen MR) is 68.3 cm³/mol. The third kappa shape index (κ3) is 3.09. The van der Waals surface area contributed by atoms with Gasteiger partial charge in [0.2, 0.25) is 5.91 Å². The van der Waals surface area contributed by atoms with Gasteiger partial charge in [-0.2, -0.15) is 13.2 Å². The normalized spacial score (nSPS) is 16.3. The predicted octanol–water partition coefficient (Wildman–Crippen LogP) is 1.68. The maximum atomic E-state index is 12.9. The first-order valence-electron chi connectivity index (χ1n) is 6.13. The second kappa shape index (κ2) is 5.27. The fourth-order valence-electron chi connectivity index (χ4n) is 2.13. The summed E-state index contributed by atoms with van der Waals surface area (Å²) in [7, 11) is 1.62. The zero-order valence-corrected chi connectivity index (χ0v) is 11.1. The van der Waals surface area contributed by atoms with E-state index >= 15 is 0 Å². The van der Waals surface area contributed by atoms with Crippen molar-refractivity contribution in [3.63, 3.8) is 0 Å². The highest BCUT2D eigenvalue weighted by molar-refractivity contribution is 5.90. The molecule has 1 heterocycles. The Morgan fingerprint density at radius 2 is 1.95 bits per heavy atom. The van der Waals surface area contributed by atoms with E-state index in [2.05, 4.69) is 0 Å². The minimum absolute atomic E-state index is 0.0276. The summed E-state index contributed by atoms with van der Waals surface area (Å²) in [5.41, 5.74) is -1.82. The van der Waals surface area contributed by atoms with Crippen LogP contribution in [-0.2, 0) is 11.0 Å². The molecule has 0 bridgehead atoms. The van der Waals surface area contributed by atoms with Crippen LogP contribution in [0.4, 0.5) is 18.9 Å². The molecular weight excluding hydrogens is 289 g/mol. The van der Waals surface area contributed by atoms with Gasteiger partial charge in [0.1, 0.15) is 0 Å². The van der Waals surface area contributed by atoms with Crippen LogP contribution in [0.25, 0.3) is 0 Å². The summed E-state index contributed by atoms with van der Waals surface area (Å²) < 4.78 is 38.8. The number of amides is 1. The monoisotopic (exact) mass is 302 g/mol. The van der Waals surface area contributed by atoms with Crippen molar-refractivity contribution in [2.75, 3.05) is 31.6 Å². The fourth-order valence-corrected chi connectivity index (χ4v) is 2.13. The van der Waals surface area contributed by atoms with Crippen molar-refractivity contribution in [2.24, 2.45) is 0 Å². The topological polar surface area (TPSA) is 60.9 Å². The van der Waals surface area contributed by atoms with E-state index in [4.69, 9.17) is 5.11 Å². The molecule has 0 saturated carbocycles. The summed E-state index contributed by atoms with van der Waals surface area (Å²) in [5, 5.41) is 8.83. The van der Waals surface area contributed by atoms with Gasteiger partial charge in [-0.3, -0.25) is 4.79 Å². The number of benzene rings is 1. The Kier molecular flexibility index (Phi) is 3.80. The molecule has 21 heavy (non-hydrogen) atoms. The number of alkyl halides is 3. The van der Waals surface area contributed by atoms with E-state index in [-0.39, 0.29) is 18.1 Å².